The first-order valence-electron chi connectivity index (χ1n) is 7.60. The van der Waals surface area contributed by atoms with Crippen molar-refractivity contribution in [2.75, 3.05) is 11.9 Å². The highest BCUT2D eigenvalue weighted by Crippen LogP contribution is 2.16. The number of aryl methyl sites for hydroxylation is 1. The number of nitrogens with one attached hydrogen (secondary N) is 2. The molecule has 0 saturated heterocycles. The van der Waals surface area contributed by atoms with Crippen LogP contribution in [-0.2, 0) is 0 Å². The van der Waals surface area contributed by atoms with Crippen molar-refractivity contribution in [3.05, 3.63) is 47.7 Å². The summed E-state index contributed by atoms with van der Waals surface area (Å²) in [5.74, 6) is 0.871. The average molecular weight is 316 g/mol. The van der Waals surface area contributed by atoms with Crippen LogP contribution in [0.4, 0.5) is 15.9 Å². The fraction of sp³-hybridized carbons (Fsp3) is 0.353. The Balaban J connectivity index is 2.10. The van der Waals surface area contributed by atoms with Crippen molar-refractivity contribution in [3.63, 3.8) is 0 Å². The number of carbonyl (C=O) groups is 1. The van der Waals surface area contributed by atoms with Gasteiger partial charge in [0, 0.05) is 18.3 Å². The number of aromatic nitrogens is 2. The van der Waals surface area contributed by atoms with E-state index in [1.165, 1.54) is 12.1 Å². The summed E-state index contributed by atoms with van der Waals surface area (Å²) >= 11 is 0. The maximum absolute atomic E-state index is 13.2. The largest absolute Gasteiger partial charge is 0.351 e. The number of benzene rings is 1. The van der Waals surface area contributed by atoms with Gasteiger partial charge < -0.3 is 10.6 Å². The summed E-state index contributed by atoms with van der Waals surface area (Å²) in [6.45, 7) is 6.51. The van der Waals surface area contributed by atoms with Gasteiger partial charge in [-0.15, -0.1) is 0 Å². The fourth-order valence-corrected chi connectivity index (χ4v) is 2.03. The van der Waals surface area contributed by atoms with Gasteiger partial charge in [0.05, 0.1) is 0 Å². The molecule has 23 heavy (non-hydrogen) atoms. The van der Waals surface area contributed by atoms with Crippen LogP contribution in [0.1, 0.15) is 36.6 Å². The van der Waals surface area contributed by atoms with E-state index in [1.807, 2.05) is 0 Å². The predicted octanol–water partition coefficient (Wildman–Crippen LogP) is 3.44. The van der Waals surface area contributed by atoms with Crippen molar-refractivity contribution in [2.24, 2.45) is 5.92 Å². The maximum Gasteiger partial charge on any atom is 0.270 e. The second-order valence-corrected chi connectivity index (χ2v) is 5.76. The second kappa shape index (κ2) is 7.67. The Hall–Kier alpha value is -2.50. The molecule has 1 heterocycles. The molecule has 0 spiro atoms. The molecule has 0 aliphatic rings. The van der Waals surface area contributed by atoms with Gasteiger partial charge in [-0.25, -0.2) is 14.4 Å². The number of anilines is 2. The zero-order valence-electron chi connectivity index (χ0n) is 13.6. The van der Waals surface area contributed by atoms with Crippen molar-refractivity contribution < 1.29 is 9.18 Å². The van der Waals surface area contributed by atoms with Crippen LogP contribution in [0.2, 0.25) is 0 Å². The topological polar surface area (TPSA) is 66.9 Å². The number of nitrogens with zero attached hydrogens (tertiary/aromatic N) is 2. The summed E-state index contributed by atoms with van der Waals surface area (Å²) in [5.41, 5.74) is 0.856. The number of amides is 1. The quantitative estimate of drug-likeness (QED) is 0.856. The lowest BCUT2D eigenvalue weighted by atomic mass is 10.1. The minimum atomic E-state index is -0.340. The smallest absolute Gasteiger partial charge is 0.270 e. The van der Waals surface area contributed by atoms with Crippen LogP contribution in [-0.4, -0.2) is 22.4 Å². The van der Waals surface area contributed by atoms with E-state index in [0.717, 1.165) is 6.42 Å². The highest BCUT2D eigenvalue weighted by molar-refractivity contribution is 5.93. The molecule has 0 aliphatic carbocycles. The summed E-state index contributed by atoms with van der Waals surface area (Å²) < 4.78 is 13.2. The van der Waals surface area contributed by atoms with Crippen LogP contribution in [0.3, 0.4) is 0 Å². The van der Waals surface area contributed by atoms with Gasteiger partial charge in [-0.05, 0) is 37.5 Å². The third-order valence-electron chi connectivity index (χ3n) is 3.17. The van der Waals surface area contributed by atoms with Crippen LogP contribution < -0.4 is 10.6 Å². The minimum Gasteiger partial charge on any atom is -0.351 e. The van der Waals surface area contributed by atoms with Crippen molar-refractivity contribution >= 4 is 17.4 Å². The first kappa shape index (κ1) is 16.9. The van der Waals surface area contributed by atoms with Crippen molar-refractivity contribution in [1.82, 2.24) is 15.3 Å². The molecule has 6 heteroatoms. The summed E-state index contributed by atoms with van der Waals surface area (Å²) in [7, 11) is 0. The standard InChI is InChI=1S/C17H21FN4O/c1-11(2)7-8-19-17(23)15-10-16(21-12(3)20-15)22-14-6-4-5-13(18)9-14/h4-6,9-11H,7-8H2,1-3H3,(H,19,23)(H,20,21,22). The average Bonchev–Trinajstić information content (AvgIpc) is 2.46. The van der Waals surface area contributed by atoms with Crippen molar-refractivity contribution in [2.45, 2.75) is 27.2 Å². The molecular formula is C17H21FN4O. The van der Waals surface area contributed by atoms with Crippen LogP contribution in [0.25, 0.3) is 0 Å². The molecule has 1 aromatic carbocycles. The molecule has 5 nitrogen and oxygen atoms in total. The van der Waals surface area contributed by atoms with Crippen molar-refractivity contribution in [1.29, 1.82) is 0 Å². The fourth-order valence-electron chi connectivity index (χ4n) is 2.03. The number of hydrogen-bond acceptors (Lipinski definition) is 4. The summed E-state index contributed by atoms with van der Waals surface area (Å²) in [5, 5.41) is 5.82. The number of rotatable bonds is 6. The van der Waals surface area contributed by atoms with E-state index in [2.05, 4.69) is 34.4 Å². The molecule has 0 aliphatic heterocycles. The Bertz CT molecular complexity index is 688. The van der Waals surface area contributed by atoms with E-state index in [1.54, 1.807) is 25.1 Å². The van der Waals surface area contributed by atoms with E-state index >= 15 is 0 Å². The lowest BCUT2D eigenvalue weighted by Gasteiger charge is -2.10. The Kier molecular flexibility index (Phi) is 5.62. The monoisotopic (exact) mass is 316 g/mol. The first-order valence-corrected chi connectivity index (χ1v) is 7.60. The van der Waals surface area contributed by atoms with Crippen LogP contribution in [0, 0.1) is 18.7 Å². The number of halogens is 1. The van der Waals surface area contributed by atoms with Gasteiger partial charge >= 0.3 is 0 Å². The van der Waals surface area contributed by atoms with Crippen LogP contribution in [0.15, 0.2) is 30.3 Å². The van der Waals surface area contributed by atoms with Crippen LogP contribution in [0.5, 0.6) is 0 Å². The molecule has 0 radical (unpaired) electrons. The molecule has 2 aromatic rings. The molecule has 0 bridgehead atoms. The van der Waals surface area contributed by atoms with Gasteiger partial charge in [-0.1, -0.05) is 19.9 Å². The van der Waals surface area contributed by atoms with Crippen LogP contribution >= 0.6 is 0 Å². The van der Waals surface area contributed by atoms with E-state index in [-0.39, 0.29) is 11.7 Å². The summed E-state index contributed by atoms with van der Waals surface area (Å²) in [6, 6.07) is 7.61. The molecule has 1 amide bonds. The molecule has 0 fully saturated rings. The van der Waals surface area contributed by atoms with Gasteiger partial charge in [-0.2, -0.15) is 0 Å². The molecule has 0 atom stereocenters. The third-order valence-corrected chi connectivity index (χ3v) is 3.17. The predicted molar refractivity (Wildman–Crippen MR) is 88.2 cm³/mol. The Morgan fingerprint density at radius 2 is 2.04 bits per heavy atom. The van der Waals surface area contributed by atoms with Gasteiger partial charge in [-0.3, -0.25) is 4.79 Å². The van der Waals surface area contributed by atoms with Crippen molar-refractivity contribution in [3.8, 4) is 0 Å². The Morgan fingerprint density at radius 1 is 1.26 bits per heavy atom. The molecule has 0 unspecified atom stereocenters. The summed E-state index contributed by atoms with van der Waals surface area (Å²) in [6.07, 6.45) is 0.907. The van der Waals surface area contributed by atoms with E-state index in [9.17, 15) is 9.18 Å². The van der Waals surface area contributed by atoms with E-state index < -0.39 is 0 Å². The molecular weight excluding hydrogens is 295 g/mol. The van der Waals surface area contributed by atoms with Gasteiger partial charge in [0.2, 0.25) is 0 Å². The Labute approximate surface area is 135 Å². The molecule has 122 valence electrons. The van der Waals surface area contributed by atoms with Gasteiger partial charge in [0.25, 0.3) is 5.91 Å². The lowest BCUT2D eigenvalue weighted by Crippen LogP contribution is -2.26. The highest BCUT2D eigenvalue weighted by atomic mass is 19.1. The zero-order valence-corrected chi connectivity index (χ0v) is 13.6. The lowest BCUT2D eigenvalue weighted by molar-refractivity contribution is 0.0946. The highest BCUT2D eigenvalue weighted by Gasteiger charge is 2.10. The minimum absolute atomic E-state index is 0.238. The molecule has 2 rings (SSSR count). The molecule has 1 aromatic heterocycles. The SMILES string of the molecule is Cc1nc(Nc2cccc(F)c2)cc(C(=O)NCCC(C)C)n1. The summed E-state index contributed by atoms with van der Waals surface area (Å²) in [4.78, 5) is 20.5. The number of carbonyl (C=O) groups excluding carboxylic acids is 1. The first-order chi connectivity index (χ1) is 10.9. The van der Waals surface area contributed by atoms with E-state index in [0.29, 0.717) is 35.5 Å². The second-order valence-electron chi connectivity index (χ2n) is 5.76. The van der Waals surface area contributed by atoms with E-state index in [4.69, 9.17) is 0 Å². The number of hydrogen-bond donors (Lipinski definition) is 2. The third kappa shape index (κ3) is 5.32. The molecule has 0 saturated carbocycles. The maximum atomic E-state index is 13.2. The van der Waals surface area contributed by atoms with Gasteiger partial charge in [0.15, 0.2) is 0 Å². The zero-order chi connectivity index (χ0) is 16.8. The van der Waals surface area contributed by atoms with Gasteiger partial charge in [0.1, 0.15) is 23.2 Å². The Morgan fingerprint density at radius 3 is 2.74 bits per heavy atom. The molecule has 2 N–H and O–H groups in total. The normalized spacial score (nSPS) is 10.7.